The molecule has 0 spiro atoms. The van der Waals surface area contributed by atoms with Gasteiger partial charge in [-0.1, -0.05) is 18.2 Å². The zero-order valence-corrected chi connectivity index (χ0v) is 10.5. The standard InChI is InChI=1S/C13H15NO2S/c1-2-16-12-6-4-3-5-10(12)11(15)9-13-14-7-8-17-13/h3-8,11,15H,2,9H2,1H3. The molecule has 1 N–H and O–H groups in total. The fraction of sp³-hybridized carbons (Fsp3) is 0.308. The van der Waals surface area contributed by atoms with Gasteiger partial charge in [-0.2, -0.15) is 0 Å². The highest BCUT2D eigenvalue weighted by molar-refractivity contribution is 7.09. The van der Waals surface area contributed by atoms with Crippen molar-refractivity contribution in [1.29, 1.82) is 0 Å². The highest BCUT2D eigenvalue weighted by Crippen LogP contribution is 2.27. The van der Waals surface area contributed by atoms with Gasteiger partial charge in [0, 0.05) is 23.6 Å². The average molecular weight is 249 g/mol. The van der Waals surface area contributed by atoms with E-state index in [9.17, 15) is 5.11 Å². The predicted octanol–water partition coefficient (Wildman–Crippen LogP) is 2.82. The normalized spacial score (nSPS) is 12.4. The molecule has 3 nitrogen and oxygen atoms in total. The molecule has 1 atom stereocenters. The molecular formula is C13H15NO2S. The molecule has 1 aromatic heterocycles. The second kappa shape index (κ2) is 5.80. The lowest BCUT2D eigenvalue weighted by Gasteiger charge is -2.14. The Balaban J connectivity index is 2.15. The van der Waals surface area contributed by atoms with Gasteiger partial charge in [-0.25, -0.2) is 4.98 Å². The molecule has 0 saturated carbocycles. The second-order valence-electron chi connectivity index (χ2n) is 3.62. The van der Waals surface area contributed by atoms with E-state index in [1.807, 2.05) is 36.6 Å². The van der Waals surface area contributed by atoms with Crippen molar-refractivity contribution in [2.75, 3.05) is 6.61 Å². The quantitative estimate of drug-likeness (QED) is 0.886. The summed E-state index contributed by atoms with van der Waals surface area (Å²) in [5.41, 5.74) is 0.824. The van der Waals surface area contributed by atoms with Gasteiger partial charge < -0.3 is 9.84 Å². The van der Waals surface area contributed by atoms with Crippen LogP contribution in [0.4, 0.5) is 0 Å². The maximum absolute atomic E-state index is 10.2. The van der Waals surface area contributed by atoms with Crippen LogP contribution < -0.4 is 4.74 Å². The summed E-state index contributed by atoms with van der Waals surface area (Å²) in [5.74, 6) is 0.749. The molecule has 90 valence electrons. The van der Waals surface area contributed by atoms with Crippen LogP contribution in [0, 0.1) is 0 Å². The molecule has 0 bridgehead atoms. The smallest absolute Gasteiger partial charge is 0.125 e. The van der Waals surface area contributed by atoms with E-state index in [0.717, 1.165) is 16.3 Å². The zero-order valence-electron chi connectivity index (χ0n) is 9.67. The van der Waals surface area contributed by atoms with Gasteiger partial charge in [-0.15, -0.1) is 11.3 Å². The highest BCUT2D eigenvalue weighted by atomic mass is 32.1. The average Bonchev–Trinajstić information content (AvgIpc) is 2.83. The molecule has 0 fully saturated rings. The Morgan fingerprint density at radius 1 is 1.41 bits per heavy atom. The molecule has 0 saturated heterocycles. The lowest BCUT2D eigenvalue weighted by molar-refractivity contribution is 0.172. The summed E-state index contributed by atoms with van der Waals surface area (Å²) in [6.07, 6.45) is 1.71. The van der Waals surface area contributed by atoms with Gasteiger partial charge >= 0.3 is 0 Å². The van der Waals surface area contributed by atoms with E-state index in [4.69, 9.17) is 4.74 Å². The van der Waals surface area contributed by atoms with E-state index < -0.39 is 6.10 Å². The van der Waals surface area contributed by atoms with Crippen LogP contribution in [0.5, 0.6) is 5.75 Å². The number of aliphatic hydroxyl groups excluding tert-OH is 1. The van der Waals surface area contributed by atoms with Crippen LogP contribution in [0.25, 0.3) is 0 Å². The van der Waals surface area contributed by atoms with Crippen molar-refractivity contribution in [2.45, 2.75) is 19.4 Å². The molecule has 2 rings (SSSR count). The third-order valence-corrected chi connectivity index (χ3v) is 3.23. The summed E-state index contributed by atoms with van der Waals surface area (Å²) in [6.45, 7) is 2.53. The first kappa shape index (κ1) is 12.1. The minimum atomic E-state index is -0.566. The molecule has 0 aliphatic rings. The number of aliphatic hydroxyl groups is 1. The summed E-state index contributed by atoms with van der Waals surface area (Å²) in [7, 11) is 0. The number of hydrogen-bond acceptors (Lipinski definition) is 4. The van der Waals surface area contributed by atoms with E-state index in [1.165, 1.54) is 0 Å². The molecular weight excluding hydrogens is 234 g/mol. The van der Waals surface area contributed by atoms with Crippen molar-refractivity contribution in [1.82, 2.24) is 4.98 Å². The highest BCUT2D eigenvalue weighted by Gasteiger charge is 2.14. The number of ether oxygens (including phenoxy) is 1. The molecule has 2 aromatic rings. The second-order valence-corrected chi connectivity index (χ2v) is 4.60. The minimum absolute atomic E-state index is 0.530. The van der Waals surface area contributed by atoms with Gasteiger partial charge in [0.2, 0.25) is 0 Å². The summed E-state index contributed by atoms with van der Waals surface area (Å²) >= 11 is 1.55. The lowest BCUT2D eigenvalue weighted by atomic mass is 10.1. The van der Waals surface area contributed by atoms with Crippen molar-refractivity contribution in [3.63, 3.8) is 0 Å². The number of benzene rings is 1. The minimum Gasteiger partial charge on any atom is -0.493 e. The Labute approximate surface area is 105 Å². The van der Waals surface area contributed by atoms with E-state index in [1.54, 1.807) is 17.5 Å². The molecule has 4 heteroatoms. The van der Waals surface area contributed by atoms with Crippen LogP contribution in [0.3, 0.4) is 0 Å². The first-order valence-electron chi connectivity index (χ1n) is 5.59. The van der Waals surface area contributed by atoms with E-state index in [-0.39, 0.29) is 0 Å². The maximum Gasteiger partial charge on any atom is 0.125 e. The van der Waals surface area contributed by atoms with Gasteiger partial charge in [-0.05, 0) is 13.0 Å². The topological polar surface area (TPSA) is 42.4 Å². The van der Waals surface area contributed by atoms with Crippen LogP contribution in [-0.4, -0.2) is 16.7 Å². The fourth-order valence-corrected chi connectivity index (χ4v) is 2.33. The van der Waals surface area contributed by atoms with Crippen LogP contribution in [0.15, 0.2) is 35.8 Å². The molecule has 1 unspecified atom stereocenters. The Bertz CT molecular complexity index is 456. The van der Waals surface area contributed by atoms with Crippen LogP contribution in [0.2, 0.25) is 0 Å². The fourth-order valence-electron chi connectivity index (χ4n) is 1.67. The number of rotatable bonds is 5. The Hall–Kier alpha value is -1.39. The van der Waals surface area contributed by atoms with Crippen molar-refractivity contribution in [3.8, 4) is 5.75 Å². The molecule has 0 aliphatic heterocycles. The van der Waals surface area contributed by atoms with Gasteiger partial charge in [0.25, 0.3) is 0 Å². The molecule has 0 amide bonds. The van der Waals surface area contributed by atoms with E-state index >= 15 is 0 Å². The van der Waals surface area contributed by atoms with Gasteiger partial charge in [0.15, 0.2) is 0 Å². The van der Waals surface area contributed by atoms with Crippen LogP contribution >= 0.6 is 11.3 Å². The number of aromatic nitrogens is 1. The summed E-state index contributed by atoms with van der Waals surface area (Å²) in [6, 6.07) is 7.58. The van der Waals surface area contributed by atoms with E-state index in [0.29, 0.717) is 13.0 Å². The van der Waals surface area contributed by atoms with Gasteiger partial charge in [0.1, 0.15) is 5.75 Å². The Kier molecular flexibility index (Phi) is 4.12. The van der Waals surface area contributed by atoms with E-state index in [2.05, 4.69) is 4.98 Å². The molecule has 1 aromatic carbocycles. The summed E-state index contributed by atoms with van der Waals surface area (Å²) < 4.78 is 5.50. The number of hydrogen-bond donors (Lipinski definition) is 1. The van der Waals surface area contributed by atoms with Crippen molar-refractivity contribution in [3.05, 3.63) is 46.4 Å². The van der Waals surface area contributed by atoms with Gasteiger partial charge in [-0.3, -0.25) is 0 Å². The molecule has 0 aliphatic carbocycles. The Morgan fingerprint density at radius 2 is 2.24 bits per heavy atom. The zero-order chi connectivity index (χ0) is 12.1. The first-order chi connectivity index (χ1) is 8.31. The molecule has 0 radical (unpaired) electrons. The third kappa shape index (κ3) is 3.05. The third-order valence-electron chi connectivity index (χ3n) is 2.43. The van der Waals surface area contributed by atoms with Crippen LogP contribution in [0.1, 0.15) is 23.6 Å². The number of nitrogens with zero attached hydrogens (tertiary/aromatic N) is 1. The summed E-state index contributed by atoms with van der Waals surface area (Å²) in [4.78, 5) is 4.18. The van der Waals surface area contributed by atoms with Crippen molar-refractivity contribution in [2.24, 2.45) is 0 Å². The van der Waals surface area contributed by atoms with Crippen molar-refractivity contribution >= 4 is 11.3 Å². The molecule has 1 heterocycles. The van der Waals surface area contributed by atoms with Crippen molar-refractivity contribution < 1.29 is 9.84 Å². The maximum atomic E-state index is 10.2. The lowest BCUT2D eigenvalue weighted by Crippen LogP contribution is -2.05. The largest absolute Gasteiger partial charge is 0.493 e. The predicted molar refractivity (Wildman–Crippen MR) is 68.4 cm³/mol. The Morgan fingerprint density at radius 3 is 2.94 bits per heavy atom. The van der Waals surface area contributed by atoms with Gasteiger partial charge in [0.05, 0.1) is 17.7 Å². The number of thiazole rings is 1. The first-order valence-corrected chi connectivity index (χ1v) is 6.47. The summed E-state index contributed by atoms with van der Waals surface area (Å²) in [5, 5.41) is 13.0. The number of para-hydroxylation sites is 1. The monoisotopic (exact) mass is 249 g/mol. The SMILES string of the molecule is CCOc1ccccc1C(O)Cc1nccs1. The van der Waals surface area contributed by atoms with Crippen LogP contribution in [-0.2, 0) is 6.42 Å². The molecule has 17 heavy (non-hydrogen) atoms.